The maximum Gasteiger partial charge on any atom is 0.350 e. The third kappa shape index (κ3) is 2.61. The van der Waals surface area contributed by atoms with E-state index in [1.165, 1.54) is 18.4 Å². The van der Waals surface area contributed by atoms with Gasteiger partial charge in [-0.25, -0.2) is 4.79 Å². The van der Waals surface area contributed by atoms with Crippen molar-refractivity contribution in [2.75, 3.05) is 12.4 Å². The molecule has 0 saturated heterocycles. The molecule has 1 heterocycles. The van der Waals surface area contributed by atoms with Gasteiger partial charge in [0, 0.05) is 0 Å². The third-order valence-corrected chi connectivity index (χ3v) is 3.78. The van der Waals surface area contributed by atoms with E-state index in [9.17, 15) is 4.79 Å². The number of thiophene rings is 1. The second kappa shape index (κ2) is 5.61. The van der Waals surface area contributed by atoms with Gasteiger partial charge >= 0.3 is 5.97 Å². The number of hydrogen-bond acceptors (Lipinski definition) is 4. The summed E-state index contributed by atoms with van der Waals surface area (Å²) < 4.78 is 4.70. The largest absolute Gasteiger partial charge is 0.465 e. The molecule has 0 aliphatic rings. The van der Waals surface area contributed by atoms with Crippen molar-refractivity contribution in [1.29, 1.82) is 0 Å². The first kappa shape index (κ1) is 13.2. The van der Waals surface area contributed by atoms with Crippen LogP contribution in [0, 0.1) is 0 Å². The van der Waals surface area contributed by atoms with Gasteiger partial charge in [-0.3, -0.25) is 0 Å². The number of carbonyl (C=O) groups excluding carboxylic acids is 1. The number of carbonyl (C=O) groups is 1. The normalized spacial score (nSPS) is 10.2. The van der Waals surface area contributed by atoms with Gasteiger partial charge in [0.05, 0.1) is 28.5 Å². The second-order valence-electron chi connectivity index (χ2n) is 3.38. The maximum absolute atomic E-state index is 11.5. The molecule has 0 spiro atoms. The predicted octanol–water partition coefficient (Wildman–Crippen LogP) is 4.59. The molecular weight excluding hydrogens is 293 g/mol. The molecule has 1 aromatic heterocycles. The highest BCUT2D eigenvalue weighted by atomic mass is 35.5. The molecule has 18 heavy (non-hydrogen) atoms. The number of ether oxygens (including phenoxy) is 1. The van der Waals surface area contributed by atoms with Gasteiger partial charge in [-0.05, 0) is 23.6 Å². The van der Waals surface area contributed by atoms with Crippen molar-refractivity contribution < 1.29 is 9.53 Å². The van der Waals surface area contributed by atoms with E-state index in [-0.39, 0.29) is 0 Å². The highest BCUT2D eigenvalue weighted by Gasteiger charge is 2.15. The number of esters is 1. The lowest BCUT2D eigenvalue weighted by Gasteiger charge is -2.10. The van der Waals surface area contributed by atoms with Gasteiger partial charge in [0.25, 0.3) is 0 Å². The molecule has 3 nitrogen and oxygen atoms in total. The fourth-order valence-electron chi connectivity index (χ4n) is 1.41. The molecule has 0 bridgehead atoms. The van der Waals surface area contributed by atoms with Crippen molar-refractivity contribution in [1.82, 2.24) is 0 Å². The molecule has 0 aliphatic carbocycles. The Morgan fingerprint density at radius 3 is 2.56 bits per heavy atom. The zero-order chi connectivity index (χ0) is 13.1. The number of methoxy groups -OCH3 is 1. The van der Waals surface area contributed by atoms with Crippen LogP contribution < -0.4 is 5.32 Å². The minimum Gasteiger partial charge on any atom is -0.465 e. The number of rotatable bonds is 3. The Morgan fingerprint density at radius 1 is 1.28 bits per heavy atom. The smallest absolute Gasteiger partial charge is 0.350 e. The van der Waals surface area contributed by atoms with E-state index in [2.05, 4.69) is 5.32 Å². The van der Waals surface area contributed by atoms with Crippen molar-refractivity contribution in [3.63, 3.8) is 0 Å². The van der Waals surface area contributed by atoms with Crippen LogP contribution in [-0.2, 0) is 4.74 Å². The summed E-state index contributed by atoms with van der Waals surface area (Å²) in [5.41, 5.74) is 1.20. The fraction of sp³-hybridized carbons (Fsp3) is 0.0833. The van der Waals surface area contributed by atoms with Crippen molar-refractivity contribution >= 4 is 51.9 Å². The molecule has 6 heteroatoms. The van der Waals surface area contributed by atoms with E-state index in [0.29, 0.717) is 26.3 Å². The Bertz CT molecular complexity index is 563. The van der Waals surface area contributed by atoms with Crippen LogP contribution in [0.25, 0.3) is 0 Å². The summed E-state index contributed by atoms with van der Waals surface area (Å²) in [6.07, 6.45) is 0. The Hall–Kier alpha value is -1.23. The molecule has 2 rings (SSSR count). The van der Waals surface area contributed by atoms with E-state index in [1.807, 2.05) is 0 Å². The Morgan fingerprint density at radius 2 is 1.94 bits per heavy atom. The Balaban J connectivity index is 2.35. The van der Waals surface area contributed by atoms with E-state index in [0.717, 1.165) is 0 Å². The summed E-state index contributed by atoms with van der Waals surface area (Å²) >= 11 is 13.4. The summed E-state index contributed by atoms with van der Waals surface area (Å²) in [6.45, 7) is 0. The van der Waals surface area contributed by atoms with Gasteiger partial charge in [-0.2, -0.15) is 0 Å². The van der Waals surface area contributed by atoms with E-state index < -0.39 is 5.97 Å². The third-order valence-electron chi connectivity index (χ3n) is 2.26. The molecular formula is C12H9Cl2NO2S. The predicted molar refractivity (Wildman–Crippen MR) is 75.4 cm³/mol. The van der Waals surface area contributed by atoms with Gasteiger partial charge in [0.15, 0.2) is 0 Å². The molecule has 0 amide bonds. The quantitative estimate of drug-likeness (QED) is 0.843. The van der Waals surface area contributed by atoms with Crippen LogP contribution in [0.15, 0.2) is 29.6 Å². The first-order chi connectivity index (χ1) is 8.63. The van der Waals surface area contributed by atoms with Crippen molar-refractivity contribution in [3.05, 3.63) is 44.6 Å². The van der Waals surface area contributed by atoms with Gasteiger partial charge in [-0.15, -0.1) is 11.3 Å². The Labute approximate surface area is 118 Å². The number of halogens is 2. The SMILES string of the molecule is COC(=O)c1sccc1Nc1c(Cl)cccc1Cl. The summed E-state index contributed by atoms with van der Waals surface area (Å²) in [5.74, 6) is -0.393. The first-order valence-corrected chi connectivity index (χ1v) is 6.64. The van der Waals surface area contributed by atoms with Gasteiger partial charge in [0.1, 0.15) is 4.88 Å². The number of anilines is 2. The lowest BCUT2D eigenvalue weighted by molar-refractivity contribution is 0.0607. The number of nitrogens with one attached hydrogen (secondary N) is 1. The molecule has 0 fully saturated rings. The molecule has 0 aliphatic heterocycles. The molecule has 0 radical (unpaired) electrons. The van der Waals surface area contributed by atoms with E-state index >= 15 is 0 Å². The second-order valence-corrected chi connectivity index (χ2v) is 5.11. The summed E-state index contributed by atoms with van der Waals surface area (Å²) in [5, 5.41) is 5.82. The van der Waals surface area contributed by atoms with Crippen LogP contribution in [-0.4, -0.2) is 13.1 Å². The van der Waals surface area contributed by atoms with Crippen LogP contribution in [0.4, 0.5) is 11.4 Å². The highest BCUT2D eigenvalue weighted by Crippen LogP contribution is 2.35. The monoisotopic (exact) mass is 301 g/mol. The molecule has 1 N–H and O–H groups in total. The molecule has 0 atom stereocenters. The molecule has 1 aromatic carbocycles. The van der Waals surface area contributed by atoms with Crippen LogP contribution in [0.2, 0.25) is 10.0 Å². The standard InChI is InChI=1S/C12H9Cl2NO2S/c1-17-12(16)11-9(5-6-18-11)15-10-7(13)3-2-4-8(10)14/h2-6,15H,1H3. The molecule has 0 unspecified atom stereocenters. The lowest BCUT2D eigenvalue weighted by atomic mass is 10.3. The zero-order valence-corrected chi connectivity index (χ0v) is 11.7. The topological polar surface area (TPSA) is 38.3 Å². The molecule has 0 saturated carbocycles. The Kier molecular flexibility index (Phi) is 4.11. The van der Waals surface area contributed by atoms with Gasteiger partial charge in [-0.1, -0.05) is 29.3 Å². The van der Waals surface area contributed by atoms with E-state index in [1.54, 1.807) is 29.6 Å². The van der Waals surface area contributed by atoms with Crippen molar-refractivity contribution in [2.24, 2.45) is 0 Å². The number of hydrogen-bond donors (Lipinski definition) is 1. The van der Waals surface area contributed by atoms with Crippen molar-refractivity contribution in [3.8, 4) is 0 Å². The minimum atomic E-state index is -0.393. The van der Waals surface area contributed by atoms with Crippen LogP contribution in [0.3, 0.4) is 0 Å². The van der Waals surface area contributed by atoms with Crippen LogP contribution >= 0.6 is 34.5 Å². The van der Waals surface area contributed by atoms with Crippen molar-refractivity contribution in [2.45, 2.75) is 0 Å². The lowest BCUT2D eigenvalue weighted by Crippen LogP contribution is -2.02. The minimum absolute atomic E-state index is 0.393. The summed E-state index contributed by atoms with van der Waals surface area (Å²) in [6, 6.07) is 6.97. The average Bonchev–Trinajstić information content (AvgIpc) is 2.81. The van der Waals surface area contributed by atoms with E-state index in [4.69, 9.17) is 27.9 Å². The number of benzene rings is 1. The molecule has 94 valence electrons. The molecule has 2 aromatic rings. The van der Waals surface area contributed by atoms with Crippen LogP contribution in [0.1, 0.15) is 9.67 Å². The highest BCUT2D eigenvalue weighted by molar-refractivity contribution is 7.12. The van der Waals surface area contributed by atoms with Gasteiger partial charge < -0.3 is 10.1 Å². The average molecular weight is 302 g/mol. The first-order valence-electron chi connectivity index (χ1n) is 5.00. The fourth-order valence-corrected chi connectivity index (χ4v) is 2.67. The summed E-state index contributed by atoms with van der Waals surface area (Å²) in [4.78, 5) is 12.0. The van der Waals surface area contributed by atoms with Crippen LogP contribution in [0.5, 0.6) is 0 Å². The summed E-state index contributed by atoms with van der Waals surface area (Å²) in [7, 11) is 1.34. The number of para-hydroxylation sites is 1. The maximum atomic E-state index is 11.5. The zero-order valence-electron chi connectivity index (χ0n) is 9.37. The van der Waals surface area contributed by atoms with Gasteiger partial charge in [0.2, 0.25) is 0 Å².